The van der Waals surface area contributed by atoms with Gasteiger partial charge in [0.1, 0.15) is 6.10 Å². The highest BCUT2D eigenvalue weighted by Gasteiger charge is 2.53. The van der Waals surface area contributed by atoms with Gasteiger partial charge < -0.3 is 23.5 Å². The van der Waals surface area contributed by atoms with Crippen molar-refractivity contribution in [1.82, 2.24) is 9.88 Å². The zero-order chi connectivity index (χ0) is 18.9. The Kier molecular flexibility index (Phi) is 4.78. The third kappa shape index (κ3) is 3.27. The molecule has 144 valence electrons. The van der Waals surface area contributed by atoms with Crippen molar-refractivity contribution in [3.8, 4) is 11.8 Å². The van der Waals surface area contributed by atoms with Crippen LogP contribution < -0.4 is 9.47 Å². The summed E-state index contributed by atoms with van der Waals surface area (Å²) in [6.45, 7) is 0.636. The van der Waals surface area contributed by atoms with E-state index in [0.29, 0.717) is 24.8 Å². The molecule has 1 saturated heterocycles. The molecule has 7 nitrogen and oxygen atoms in total. The summed E-state index contributed by atoms with van der Waals surface area (Å²) in [4.78, 5) is 19.1. The molecule has 2 aromatic rings. The van der Waals surface area contributed by atoms with Crippen LogP contribution in [0.15, 0.2) is 40.9 Å². The monoisotopic (exact) mass is 372 g/mol. The number of furan rings is 1. The standard InChI is InChI=1S/C20H24N2O5/c1-24-18-7-6-15(27-18)19(23)22-12-10-20(25-2)9-8-14(13-16(20)22)26-17-5-3-4-11-21-17/h3-7,11,14,16H,8-10,12-13H2,1-2H3/t14-,16+,20-/m1/s1. The minimum Gasteiger partial charge on any atom is -0.474 e. The summed E-state index contributed by atoms with van der Waals surface area (Å²) >= 11 is 0. The Balaban J connectivity index is 1.53. The number of carbonyl (C=O) groups excluding carboxylic acids is 1. The molecule has 0 spiro atoms. The van der Waals surface area contributed by atoms with Crippen LogP contribution in [0.5, 0.6) is 11.8 Å². The largest absolute Gasteiger partial charge is 0.474 e. The SMILES string of the molecule is COc1ccc(C(=O)N2CC[C@]3(OC)CC[C@@H](Oc4ccccn4)C[C@H]23)o1. The van der Waals surface area contributed by atoms with Crippen LogP contribution in [-0.4, -0.2) is 54.3 Å². The molecule has 2 fully saturated rings. The summed E-state index contributed by atoms with van der Waals surface area (Å²) in [5.74, 6) is 1.09. The van der Waals surface area contributed by atoms with Crippen molar-refractivity contribution in [2.24, 2.45) is 0 Å². The number of aromatic nitrogens is 1. The van der Waals surface area contributed by atoms with Gasteiger partial charge in [-0.2, -0.15) is 0 Å². The predicted octanol–water partition coefficient (Wildman–Crippen LogP) is 2.91. The first-order chi connectivity index (χ1) is 13.1. The lowest BCUT2D eigenvalue weighted by atomic mass is 9.79. The van der Waals surface area contributed by atoms with E-state index in [1.807, 2.05) is 23.1 Å². The lowest BCUT2D eigenvalue weighted by molar-refractivity contribution is -0.0790. The average molecular weight is 372 g/mol. The molecule has 1 aliphatic carbocycles. The molecule has 3 heterocycles. The van der Waals surface area contributed by atoms with Crippen molar-refractivity contribution in [2.75, 3.05) is 20.8 Å². The van der Waals surface area contributed by atoms with E-state index in [2.05, 4.69) is 4.98 Å². The minimum atomic E-state index is -0.323. The van der Waals surface area contributed by atoms with Gasteiger partial charge in [0, 0.05) is 38.4 Å². The molecule has 1 amide bonds. The average Bonchev–Trinajstić information content (AvgIpc) is 3.33. The highest BCUT2D eigenvalue weighted by molar-refractivity contribution is 5.92. The molecule has 0 bridgehead atoms. The Morgan fingerprint density at radius 2 is 2.15 bits per heavy atom. The number of likely N-dealkylation sites (tertiary alicyclic amines) is 1. The molecule has 0 unspecified atom stereocenters. The number of nitrogens with zero attached hydrogens (tertiary/aromatic N) is 2. The Labute approximate surface area is 158 Å². The highest BCUT2D eigenvalue weighted by Crippen LogP contribution is 2.43. The normalized spacial score (nSPS) is 27.3. The Bertz CT molecular complexity index is 793. The van der Waals surface area contributed by atoms with Gasteiger partial charge in [-0.15, -0.1) is 0 Å². The number of hydrogen-bond donors (Lipinski definition) is 0. The number of methoxy groups -OCH3 is 2. The van der Waals surface area contributed by atoms with Gasteiger partial charge in [-0.25, -0.2) is 4.98 Å². The van der Waals surface area contributed by atoms with Crippen molar-refractivity contribution < 1.29 is 23.4 Å². The second kappa shape index (κ2) is 7.23. The first kappa shape index (κ1) is 17.9. The van der Waals surface area contributed by atoms with Crippen LogP contribution in [-0.2, 0) is 4.74 Å². The second-order valence-corrected chi connectivity index (χ2v) is 7.04. The number of amides is 1. The number of hydrogen-bond acceptors (Lipinski definition) is 6. The molecular formula is C20H24N2O5. The van der Waals surface area contributed by atoms with Crippen LogP contribution in [0.1, 0.15) is 36.2 Å². The molecular weight excluding hydrogens is 348 g/mol. The van der Waals surface area contributed by atoms with Crippen molar-refractivity contribution in [3.05, 3.63) is 42.3 Å². The molecule has 2 aliphatic rings. The number of pyridine rings is 1. The molecule has 2 aromatic heterocycles. The molecule has 0 aromatic carbocycles. The van der Waals surface area contributed by atoms with E-state index in [4.69, 9.17) is 18.6 Å². The van der Waals surface area contributed by atoms with Gasteiger partial charge in [0.15, 0.2) is 5.76 Å². The van der Waals surface area contributed by atoms with Crippen LogP contribution >= 0.6 is 0 Å². The lowest BCUT2D eigenvalue weighted by Crippen LogP contribution is -2.53. The van der Waals surface area contributed by atoms with E-state index in [9.17, 15) is 4.79 Å². The smallest absolute Gasteiger partial charge is 0.290 e. The highest BCUT2D eigenvalue weighted by atomic mass is 16.6. The first-order valence-corrected chi connectivity index (χ1v) is 9.23. The summed E-state index contributed by atoms with van der Waals surface area (Å²) in [5, 5.41) is 0. The van der Waals surface area contributed by atoms with Gasteiger partial charge in [-0.1, -0.05) is 6.07 Å². The zero-order valence-electron chi connectivity index (χ0n) is 15.6. The molecule has 0 radical (unpaired) electrons. The molecule has 1 saturated carbocycles. The topological polar surface area (TPSA) is 74.0 Å². The first-order valence-electron chi connectivity index (χ1n) is 9.23. The van der Waals surface area contributed by atoms with E-state index in [1.54, 1.807) is 25.4 Å². The maximum absolute atomic E-state index is 13.0. The second-order valence-electron chi connectivity index (χ2n) is 7.04. The maximum Gasteiger partial charge on any atom is 0.290 e. The quantitative estimate of drug-likeness (QED) is 0.803. The fourth-order valence-corrected chi connectivity index (χ4v) is 4.29. The van der Waals surface area contributed by atoms with Gasteiger partial charge in [0.05, 0.1) is 18.8 Å². The number of carbonyl (C=O) groups is 1. The number of rotatable bonds is 5. The van der Waals surface area contributed by atoms with E-state index in [1.165, 1.54) is 7.11 Å². The fraction of sp³-hybridized carbons (Fsp3) is 0.500. The molecule has 4 rings (SSSR count). The fourth-order valence-electron chi connectivity index (χ4n) is 4.29. The third-order valence-electron chi connectivity index (χ3n) is 5.72. The Morgan fingerprint density at radius 1 is 1.26 bits per heavy atom. The molecule has 1 aliphatic heterocycles. The van der Waals surface area contributed by atoms with Crippen LogP contribution in [0.25, 0.3) is 0 Å². The van der Waals surface area contributed by atoms with Crippen LogP contribution in [0.2, 0.25) is 0 Å². The van der Waals surface area contributed by atoms with Crippen molar-refractivity contribution >= 4 is 5.91 Å². The number of ether oxygens (including phenoxy) is 3. The van der Waals surface area contributed by atoms with Crippen molar-refractivity contribution in [2.45, 2.75) is 43.4 Å². The van der Waals surface area contributed by atoms with E-state index < -0.39 is 0 Å². The van der Waals surface area contributed by atoms with E-state index in [0.717, 1.165) is 19.3 Å². The molecule has 0 N–H and O–H groups in total. The molecule has 3 atom stereocenters. The van der Waals surface area contributed by atoms with Crippen LogP contribution in [0.4, 0.5) is 0 Å². The Hall–Kier alpha value is -2.54. The van der Waals surface area contributed by atoms with Gasteiger partial charge in [0.2, 0.25) is 5.88 Å². The lowest BCUT2D eigenvalue weighted by Gasteiger charge is -2.43. The maximum atomic E-state index is 13.0. The van der Waals surface area contributed by atoms with Gasteiger partial charge >= 0.3 is 0 Å². The zero-order valence-corrected chi connectivity index (χ0v) is 15.6. The van der Waals surface area contributed by atoms with Crippen molar-refractivity contribution in [1.29, 1.82) is 0 Å². The predicted molar refractivity (Wildman–Crippen MR) is 96.9 cm³/mol. The summed E-state index contributed by atoms with van der Waals surface area (Å²) in [5.41, 5.74) is -0.323. The van der Waals surface area contributed by atoms with Gasteiger partial charge in [-0.3, -0.25) is 4.79 Å². The molecule has 7 heteroatoms. The van der Waals surface area contributed by atoms with Crippen LogP contribution in [0.3, 0.4) is 0 Å². The third-order valence-corrected chi connectivity index (χ3v) is 5.72. The van der Waals surface area contributed by atoms with Gasteiger partial charge in [0.25, 0.3) is 11.9 Å². The van der Waals surface area contributed by atoms with E-state index in [-0.39, 0.29) is 29.4 Å². The summed E-state index contributed by atoms with van der Waals surface area (Å²) in [7, 11) is 3.25. The van der Waals surface area contributed by atoms with Crippen LogP contribution in [0, 0.1) is 0 Å². The van der Waals surface area contributed by atoms with Crippen molar-refractivity contribution in [3.63, 3.8) is 0 Å². The summed E-state index contributed by atoms with van der Waals surface area (Å²) in [6.07, 6.45) is 4.94. The van der Waals surface area contributed by atoms with Gasteiger partial charge in [-0.05, 0) is 31.4 Å². The van der Waals surface area contributed by atoms with E-state index >= 15 is 0 Å². The molecule has 27 heavy (non-hydrogen) atoms. The number of fused-ring (bicyclic) bond motifs is 1. The summed E-state index contributed by atoms with van der Waals surface area (Å²) < 4.78 is 22.5. The Morgan fingerprint density at radius 3 is 2.85 bits per heavy atom. The minimum absolute atomic E-state index is 0.00675. The summed E-state index contributed by atoms with van der Waals surface area (Å²) in [6, 6.07) is 8.86.